The van der Waals surface area contributed by atoms with Crippen molar-refractivity contribution in [1.29, 1.82) is 0 Å². The third kappa shape index (κ3) is 1.82. The van der Waals surface area contributed by atoms with Crippen LogP contribution in [0.4, 0.5) is 4.39 Å². The molecule has 1 fully saturated rings. The molecule has 0 bridgehead atoms. The van der Waals surface area contributed by atoms with Gasteiger partial charge in [0.05, 0.1) is 0 Å². The van der Waals surface area contributed by atoms with Gasteiger partial charge in [-0.3, -0.25) is 4.79 Å². The number of Topliss-reactive ketones (excluding diaryl/α,β-unsaturated/α-hetero) is 1. The topological polar surface area (TPSA) is 29.1 Å². The molecule has 3 heteroatoms. The molecule has 0 aliphatic carbocycles. The molecule has 1 saturated heterocycles. The van der Waals surface area contributed by atoms with E-state index in [1.54, 1.807) is 12.1 Å². The van der Waals surface area contributed by atoms with Gasteiger partial charge in [0.1, 0.15) is 5.82 Å². The second kappa shape index (κ2) is 3.88. The van der Waals surface area contributed by atoms with Crippen molar-refractivity contribution < 1.29 is 9.18 Å². The smallest absolute Gasteiger partial charge is 0.167 e. The number of halogens is 1. The summed E-state index contributed by atoms with van der Waals surface area (Å²) in [5, 5.41) is 3.12. The molecular formula is C11H12FNO. The minimum absolute atomic E-state index is 0.0248. The van der Waals surface area contributed by atoms with E-state index in [1.165, 1.54) is 12.1 Å². The lowest BCUT2D eigenvalue weighted by Crippen LogP contribution is -2.17. The molecule has 1 aromatic rings. The summed E-state index contributed by atoms with van der Waals surface area (Å²) in [4.78, 5) is 11.8. The predicted octanol–water partition coefficient (Wildman–Crippen LogP) is 1.62. The summed E-state index contributed by atoms with van der Waals surface area (Å²) in [6, 6.07) is 5.90. The van der Waals surface area contributed by atoms with Crippen LogP contribution in [0.3, 0.4) is 0 Å². The van der Waals surface area contributed by atoms with E-state index in [2.05, 4.69) is 5.32 Å². The van der Waals surface area contributed by atoms with Gasteiger partial charge in [0.25, 0.3) is 0 Å². The van der Waals surface area contributed by atoms with Gasteiger partial charge in [0.15, 0.2) is 5.78 Å². The Bertz CT molecular complexity index is 345. The Kier molecular flexibility index (Phi) is 2.59. The molecule has 0 radical (unpaired) electrons. The van der Waals surface area contributed by atoms with Gasteiger partial charge in [-0.15, -0.1) is 0 Å². The summed E-state index contributed by atoms with van der Waals surface area (Å²) >= 11 is 0. The molecule has 2 rings (SSSR count). The van der Waals surface area contributed by atoms with Crippen molar-refractivity contribution in [3.8, 4) is 0 Å². The van der Waals surface area contributed by atoms with Crippen molar-refractivity contribution in [3.05, 3.63) is 35.6 Å². The van der Waals surface area contributed by atoms with E-state index < -0.39 is 0 Å². The van der Waals surface area contributed by atoms with Crippen molar-refractivity contribution in [2.24, 2.45) is 5.92 Å². The van der Waals surface area contributed by atoms with Crippen LogP contribution >= 0.6 is 0 Å². The summed E-state index contributed by atoms with van der Waals surface area (Å²) < 4.78 is 12.8. The van der Waals surface area contributed by atoms with Crippen molar-refractivity contribution in [2.45, 2.75) is 6.42 Å². The number of rotatable bonds is 2. The molecule has 0 saturated carbocycles. The maximum absolute atomic E-state index is 12.8. The quantitative estimate of drug-likeness (QED) is 0.723. The van der Waals surface area contributed by atoms with Crippen molar-refractivity contribution >= 4 is 5.78 Å². The molecule has 1 heterocycles. The summed E-state index contributed by atoms with van der Waals surface area (Å²) in [7, 11) is 0. The Morgan fingerprint density at radius 3 is 3.00 bits per heavy atom. The molecule has 1 aliphatic rings. The minimum atomic E-state index is -0.346. The Hall–Kier alpha value is -1.22. The molecule has 0 spiro atoms. The van der Waals surface area contributed by atoms with Crippen molar-refractivity contribution in [2.75, 3.05) is 13.1 Å². The van der Waals surface area contributed by atoms with Crippen molar-refractivity contribution in [1.82, 2.24) is 5.32 Å². The van der Waals surface area contributed by atoms with Crippen molar-refractivity contribution in [3.63, 3.8) is 0 Å². The summed E-state index contributed by atoms with van der Waals surface area (Å²) in [6.45, 7) is 1.60. The van der Waals surface area contributed by atoms with Crippen LogP contribution in [0.1, 0.15) is 16.8 Å². The number of hydrogen-bond acceptors (Lipinski definition) is 2. The molecule has 1 aromatic carbocycles. The lowest BCUT2D eigenvalue weighted by Gasteiger charge is -2.06. The van der Waals surface area contributed by atoms with Crippen LogP contribution in [-0.2, 0) is 0 Å². The molecule has 2 nitrogen and oxygen atoms in total. The summed E-state index contributed by atoms with van der Waals surface area (Å²) in [5.74, 6) is -0.270. The fourth-order valence-electron chi connectivity index (χ4n) is 1.76. The fraction of sp³-hybridized carbons (Fsp3) is 0.364. The standard InChI is InChI=1S/C11H12FNO/c12-10-3-1-2-8(6-10)11(14)9-4-5-13-7-9/h1-3,6,9,13H,4-5,7H2/t9-/m1/s1. The van der Waals surface area contributed by atoms with Gasteiger partial charge in [-0.05, 0) is 25.1 Å². The minimum Gasteiger partial charge on any atom is -0.316 e. The zero-order valence-corrected chi connectivity index (χ0v) is 7.79. The van der Waals surface area contributed by atoms with Gasteiger partial charge in [0, 0.05) is 18.0 Å². The normalized spacial score (nSPS) is 21.1. The highest BCUT2D eigenvalue weighted by atomic mass is 19.1. The zero-order chi connectivity index (χ0) is 9.97. The number of ketones is 1. The number of hydrogen-bond donors (Lipinski definition) is 1. The first-order valence-corrected chi connectivity index (χ1v) is 4.78. The molecule has 0 aromatic heterocycles. The Morgan fingerprint density at radius 1 is 1.50 bits per heavy atom. The molecular weight excluding hydrogens is 181 g/mol. The third-order valence-corrected chi connectivity index (χ3v) is 2.54. The molecule has 14 heavy (non-hydrogen) atoms. The highest BCUT2D eigenvalue weighted by Gasteiger charge is 2.23. The molecule has 1 aliphatic heterocycles. The Labute approximate surface area is 82.1 Å². The van der Waals surface area contributed by atoms with Gasteiger partial charge < -0.3 is 5.32 Å². The number of carbonyl (C=O) groups excluding carboxylic acids is 1. The van der Waals surface area contributed by atoms with E-state index in [4.69, 9.17) is 0 Å². The van der Waals surface area contributed by atoms with Crippen LogP contribution in [0.5, 0.6) is 0 Å². The van der Waals surface area contributed by atoms with Gasteiger partial charge >= 0.3 is 0 Å². The van der Waals surface area contributed by atoms with E-state index in [0.29, 0.717) is 5.56 Å². The lowest BCUT2D eigenvalue weighted by molar-refractivity contribution is 0.0930. The van der Waals surface area contributed by atoms with Gasteiger partial charge in [0.2, 0.25) is 0 Å². The Balaban J connectivity index is 2.17. The second-order valence-electron chi connectivity index (χ2n) is 3.56. The maximum Gasteiger partial charge on any atom is 0.167 e. The van der Waals surface area contributed by atoms with Crippen LogP contribution in [0.2, 0.25) is 0 Å². The molecule has 74 valence electrons. The average molecular weight is 193 g/mol. The molecule has 0 unspecified atom stereocenters. The second-order valence-corrected chi connectivity index (χ2v) is 3.56. The first kappa shape index (κ1) is 9.34. The molecule has 0 amide bonds. The Morgan fingerprint density at radius 2 is 2.36 bits per heavy atom. The third-order valence-electron chi connectivity index (χ3n) is 2.54. The van der Waals surface area contributed by atoms with E-state index >= 15 is 0 Å². The molecule has 1 atom stereocenters. The highest BCUT2D eigenvalue weighted by Crippen LogP contribution is 2.15. The van der Waals surface area contributed by atoms with Crippen LogP contribution in [0.25, 0.3) is 0 Å². The zero-order valence-electron chi connectivity index (χ0n) is 7.79. The summed E-state index contributed by atoms with van der Waals surface area (Å²) in [6.07, 6.45) is 0.856. The number of benzene rings is 1. The van der Waals surface area contributed by atoms with E-state index in [1.807, 2.05) is 0 Å². The SMILES string of the molecule is O=C(c1cccc(F)c1)[C@@H]1CCNC1. The van der Waals surface area contributed by atoms with Gasteiger partial charge in [-0.2, -0.15) is 0 Å². The van der Waals surface area contributed by atoms with E-state index in [0.717, 1.165) is 19.5 Å². The maximum atomic E-state index is 12.8. The largest absolute Gasteiger partial charge is 0.316 e. The van der Waals surface area contributed by atoms with Crippen LogP contribution in [0, 0.1) is 11.7 Å². The van der Waals surface area contributed by atoms with Crippen LogP contribution < -0.4 is 5.32 Å². The van der Waals surface area contributed by atoms with Crippen LogP contribution in [0.15, 0.2) is 24.3 Å². The van der Waals surface area contributed by atoms with Gasteiger partial charge in [-0.25, -0.2) is 4.39 Å². The van der Waals surface area contributed by atoms with E-state index in [9.17, 15) is 9.18 Å². The monoisotopic (exact) mass is 193 g/mol. The first-order chi connectivity index (χ1) is 6.77. The number of carbonyl (C=O) groups is 1. The first-order valence-electron chi connectivity index (χ1n) is 4.78. The summed E-state index contributed by atoms with van der Waals surface area (Å²) in [5.41, 5.74) is 0.485. The number of nitrogens with one attached hydrogen (secondary N) is 1. The fourth-order valence-corrected chi connectivity index (χ4v) is 1.76. The van der Waals surface area contributed by atoms with Gasteiger partial charge in [-0.1, -0.05) is 12.1 Å². The highest BCUT2D eigenvalue weighted by molar-refractivity contribution is 5.98. The lowest BCUT2D eigenvalue weighted by atomic mass is 9.97. The predicted molar refractivity (Wildman–Crippen MR) is 51.7 cm³/mol. The van der Waals surface area contributed by atoms with E-state index in [-0.39, 0.29) is 17.5 Å². The average Bonchev–Trinajstić information content (AvgIpc) is 2.69. The molecule has 1 N–H and O–H groups in total. The van der Waals surface area contributed by atoms with Crippen LogP contribution in [-0.4, -0.2) is 18.9 Å².